The Balaban J connectivity index is 0.0000101. The molecular formula is C32H49ClN2O10. The fourth-order valence-electron chi connectivity index (χ4n) is 4.70. The van der Waals surface area contributed by atoms with Crippen LogP contribution in [0.4, 0.5) is 0 Å². The van der Waals surface area contributed by atoms with Gasteiger partial charge in [-0.05, 0) is 51.2 Å². The van der Waals surface area contributed by atoms with Crippen LogP contribution in [0, 0.1) is 0 Å². The van der Waals surface area contributed by atoms with Gasteiger partial charge in [-0.2, -0.15) is 0 Å². The van der Waals surface area contributed by atoms with Crippen LogP contribution in [-0.4, -0.2) is 117 Å². The first kappa shape index (κ1) is 39.4. The molecule has 0 unspecified atom stereocenters. The molecule has 2 aromatic carbocycles. The summed E-state index contributed by atoms with van der Waals surface area (Å²) in [7, 11) is 13.0. The molecule has 0 aromatic heterocycles. The number of nitrogens with zero attached hydrogens (tertiary/aromatic N) is 2. The quantitative estimate of drug-likeness (QED) is 0.197. The van der Waals surface area contributed by atoms with Gasteiger partial charge in [-0.25, -0.2) is 9.59 Å². The van der Waals surface area contributed by atoms with Crippen molar-refractivity contribution in [2.75, 3.05) is 83.1 Å². The van der Waals surface area contributed by atoms with Crippen molar-refractivity contribution in [1.82, 2.24) is 9.80 Å². The molecule has 0 aliphatic carbocycles. The summed E-state index contributed by atoms with van der Waals surface area (Å²) in [4.78, 5) is 30.1. The number of rotatable bonds is 19. The Bertz CT molecular complexity index is 1080. The maximum Gasteiger partial charge on any atom is 0.338 e. The lowest BCUT2D eigenvalue weighted by atomic mass is 10.1. The summed E-state index contributed by atoms with van der Waals surface area (Å²) in [6.45, 7) is 5.97. The van der Waals surface area contributed by atoms with Crippen molar-refractivity contribution >= 4 is 24.3 Å². The van der Waals surface area contributed by atoms with Gasteiger partial charge in [0, 0.05) is 25.2 Å². The molecular weight excluding hydrogens is 608 g/mol. The van der Waals surface area contributed by atoms with Gasteiger partial charge in [0.05, 0.1) is 53.8 Å². The van der Waals surface area contributed by atoms with E-state index in [2.05, 4.69) is 23.6 Å². The largest absolute Gasteiger partial charge is 0.493 e. The van der Waals surface area contributed by atoms with Gasteiger partial charge in [0.15, 0.2) is 23.0 Å². The molecule has 2 rings (SSSR count). The average Bonchev–Trinajstić information content (AvgIpc) is 3.05. The number of benzene rings is 2. The molecule has 0 heterocycles. The molecule has 2 aromatic rings. The summed E-state index contributed by atoms with van der Waals surface area (Å²) in [6, 6.07) is 6.30. The van der Waals surface area contributed by atoms with Gasteiger partial charge in [0.1, 0.15) is 13.2 Å². The van der Waals surface area contributed by atoms with E-state index in [9.17, 15) is 9.59 Å². The number of esters is 2. The predicted molar refractivity (Wildman–Crippen MR) is 173 cm³/mol. The highest BCUT2D eigenvalue weighted by Gasteiger charge is 2.23. The third-order valence-electron chi connectivity index (χ3n) is 7.61. The number of hydrogen-bond acceptors (Lipinski definition) is 12. The smallest absolute Gasteiger partial charge is 0.338 e. The van der Waals surface area contributed by atoms with Crippen molar-refractivity contribution in [3.8, 4) is 34.5 Å². The summed E-state index contributed by atoms with van der Waals surface area (Å²) in [5.74, 6) is 1.38. The predicted octanol–water partition coefficient (Wildman–Crippen LogP) is 4.59. The van der Waals surface area contributed by atoms with Gasteiger partial charge >= 0.3 is 11.9 Å². The molecule has 0 saturated carbocycles. The van der Waals surface area contributed by atoms with Crippen molar-refractivity contribution in [2.24, 2.45) is 0 Å². The van der Waals surface area contributed by atoms with Crippen LogP contribution in [0.25, 0.3) is 0 Å². The van der Waals surface area contributed by atoms with Gasteiger partial charge < -0.3 is 37.9 Å². The van der Waals surface area contributed by atoms with Crippen LogP contribution in [0.5, 0.6) is 34.5 Å². The summed E-state index contributed by atoms with van der Waals surface area (Å²) in [6.07, 6.45) is 1.57. The Morgan fingerprint density at radius 2 is 0.867 bits per heavy atom. The molecule has 0 spiro atoms. The molecule has 12 nitrogen and oxygen atoms in total. The Morgan fingerprint density at radius 1 is 0.578 bits per heavy atom. The second-order valence-electron chi connectivity index (χ2n) is 10.1. The number of halogens is 1. The number of carbonyl (C=O) groups is 2. The lowest BCUT2D eigenvalue weighted by molar-refractivity contribution is 0.0303. The second-order valence-corrected chi connectivity index (χ2v) is 10.1. The first-order valence-corrected chi connectivity index (χ1v) is 14.5. The number of ether oxygens (including phenoxy) is 8. The number of carbonyl (C=O) groups excluding carboxylic acids is 2. The zero-order valence-corrected chi connectivity index (χ0v) is 28.9. The molecule has 0 saturated heterocycles. The number of likely N-dealkylation sites (N-methyl/N-ethyl adjacent to an activating group) is 2. The number of hydrogen-bond donors (Lipinski definition) is 0. The van der Waals surface area contributed by atoms with E-state index < -0.39 is 11.9 Å². The van der Waals surface area contributed by atoms with Gasteiger partial charge in [-0.3, -0.25) is 9.80 Å². The summed E-state index contributed by atoms with van der Waals surface area (Å²) in [5, 5.41) is 0. The van der Waals surface area contributed by atoms with Crippen LogP contribution in [-0.2, 0) is 9.47 Å². The van der Waals surface area contributed by atoms with Crippen LogP contribution in [0.3, 0.4) is 0 Å². The van der Waals surface area contributed by atoms with Crippen LogP contribution in [0.2, 0.25) is 0 Å². The number of methoxy groups -OCH3 is 6. The van der Waals surface area contributed by atoms with E-state index in [-0.39, 0.29) is 37.7 Å². The standard InChI is InChI=1S/C32H48N2O10.ClH/c1-11-23(19-43-31(35)21-15-25(37-5)29(41-9)26(16-21)38-6)33(3)13-14-34(4)24(12-2)20-44-32(36)22-17-27(39-7)30(42-10)28(18-22)40-8;/h15-18,23-24H,11-14,19-20H2,1-10H3;1H/t23-,24-;/m0./s1. The SMILES string of the molecule is CC[C@@H](COC(=O)c1cc(OC)c(OC)c(OC)c1)N(C)CCN(C)[C@@H](CC)COC(=O)c1cc(OC)c(OC)c(OC)c1.Cl. The highest BCUT2D eigenvalue weighted by atomic mass is 35.5. The van der Waals surface area contributed by atoms with Crippen molar-refractivity contribution in [2.45, 2.75) is 38.8 Å². The lowest BCUT2D eigenvalue weighted by Gasteiger charge is -2.31. The summed E-state index contributed by atoms with van der Waals surface area (Å²) < 4.78 is 43.4. The summed E-state index contributed by atoms with van der Waals surface area (Å²) in [5.41, 5.74) is 0.618. The first-order valence-electron chi connectivity index (χ1n) is 14.5. The second kappa shape index (κ2) is 19.7. The van der Waals surface area contributed by atoms with E-state index in [4.69, 9.17) is 37.9 Å². The Labute approximate surface area is 273 Å². The van der Waals surface area contributed by atoms with Gasteiger partial charge in [-0.15, -0.1) is 12.4 Å². The Kier molecular flexibility index (Phi) is 17.3. The normalized spacial score (nSPS) is 12.1. The third-order valence-corrected chi connectivity index (χ3v) is 7.61. The van der Waals surface area contributed by atoms with Crippen molar-refractivity contribution in [3.63, 3.8) is 0 Å². The molecule has 13 heteroatoms. The molecule has 0 fully saturated rings. The van der Waals surface area contributed by atoms with Crippen LogP contribution < -0.4 is 28.4 Å². The van der Waals surface area contributed by atoms with Crippen molar-refractivity contribution in [1.29, 1.82) is 0 Å². The van der Waals surface area contributed by atoms with E-state index in [1.54, 1.807) is 24.3 Å². The van der Waals surface area contributed by atoms with Crippen molar-refractivity contribution in [3.05, 3.63) is 35.4 Å². The van der Waals surface area contributed by atoms with E-state index >= 15 is 0 Å². The highest BCUT2D eigenvalue weighted by molar-refractivity contribution is 5.92. The highest BCUT2D eigenvalue weighted by Crippen LogP contribution is 2.39. The molecule has 0 N–H and O–H groups in total. The topological polar surface area (TPSA) is 114 Å². The zero-order valence-electron chi connectivity index (χ0n) is 28.1. The van der Waals surface area contributed by atoms with E-state index in [0.717, 1.165) is 12.8 Å². The lowest BCUT2D eigenvalue weighted by Crippen LogP contribution is -2.44. The fraction of sp³-hybridized carbons (Fsp3) is 0.562. The average molecular weight is 657 g/mol. The fourth-order valence-corrected chi connectivity index (χ4v) is 4.70. The molecule has 0 aliphatic rings. The minimum absolute atomic E-state index is 0. The van der Waals surface area contributed by atoms with Gasteiger partial charge in [-0.1, -0.05) is 13.8 Å². The minimum Gasteiger partial charge on any atom is -0.493 e. The van der Waals surface area contributed by atoms with Gasteiger partial charge in [0.2, 0.25) is 11.5 Å². The monoisotopic (exact) mass is 656 g/mol. The third kappa shape index (κ3) is 10.5. The molecule has 0 radical (unpaired) electrons. The Morgan fingerprint density at radius 3 is 1.09 bits per heavy atom. The molecule has 0 aliphatic heterocycles. The molecule has 254 valence electrons. The van der Waals surface area contributed by atoms with E-state index in [1.807, 2.05) is 14.1 Å². The van der Waals surface area contributed by atoms with Crippen LogP contribution in [0.15, 0.2) is 24.3 Å². The molecule has 2 atom stereocenters. The maximum atomic E-state index is 12.9. The Hall–Kier alpha value is -3.61. The van der Waals surface area contributed by atoms with Gasteiger partial charge in [0.25, 0.3) is 0 Å². The minimum atomic E-state index is -0.479. The van der Waals surface area contributed by atoms with E-state index in [1.165, 1.54) is 42.7 Å². The van der Waals surface area contributed by atoms with Crippen LogP contribution in [0.1, 0.15) is 47.4 Å². The zero-order chi connectivity index (χ0) is 32.8. The summed E-state index contributed by atoms with van der Waals surface area (Å²) >= 11 is 0. The molecule has 0 bridgehead atoms. The van der Waals surface area contributed by atoms with Crippen LogP contribution >= 0.6 is 12.4 Å². The van der Waals surface area contributed by atoms with E-state index in [0.29, 0.717) is 58.7 Å². The first-order chi connectivity index (χ1) is 21.1. The molecule has 0 amide bonds. The van der Waals surface area contributed by atoms with Crippen molar-refractivity contribution < 1.29 is 47.5 Å². The maximum absolute atomic E-state index is 12.9. The molecule has 45 heavy (non-hydrogen) atoms.